The Balaban J connectivity index is 1.03. The van der Waals surface area contributed by atoms with Gasteiger partial charge in [0.1, 0.15) is 11.2 Å². The molecule has 10 aromatic carbocycles. The lowest BCUT2D eigenvalue weighted by molar-refractivity contribution is 0.670. The Morgan fingerprint density at radius 1 is 0.254 bits per heavy atom. The molecule has 11 aromatic rings. The van der Waals surface area contributed by atoms with Gasteiger partial charge in [-0.05, 0) is 93.5 Å². The number of hydrogen-bond acceptors (Lipinski definition) is 3. The first-order valence-electron chi connectivity index (χ1n) is 21.6. The van der Waals surface area contributed by atoms with Gasteiger partial charge >= 0.3 is 0 Å². The van der Waals surface area contributed by atoms with Crippen LogP contribution in [-0.2, 0) is 0 Å². The summed E-state index contributed by atoms with van der Waals surface area (Å²) in [6.45, 7) is 0. The number of rotatable bonds is 4. The van der Waals surface area contributed by atoms with E-state index in [0.717, 1.165) is 78.3 Å². The first kappa shape index (κ1) is 35.4. The van der Waals surface area contributed by atoms with Crippen LogP contribution >= 0.6 is 0 Å². The van der Waals surface area contributed by atoms with Crippen LogP contribution in [0.15, 0.2) is 235 Å². The summed E-state index contributed by atoms with van der Waals surface area (Å²) < 4.78 is 6.57. The SMILES string of the molecule is c1ccc(N2c3ccccc3-c3ccccc3-c3ccc(-c4ccc5c(c4)N(c4cccc(-c6cccc7c6oc6ccccc67)c4)c4ccccc4-c4ccccc4-5)cc32)cc1. The van der Waals surface area contributed by atoms with Gasteiger partial charge in [-0.3, -0.25) is 0 Å². The van der Waals surface area contributed by atoms with Crippen LogP contribution in [0.2, 0.25) is 0 Å². The van der Waals surface area contributed by atoms with Crippen molar-refractivity contribution in [2.45, 2.75) is 0 Å². The van der Waals surface area contributed by atoms with Crippen LogP contribution in [0.3, 0.4) is 0 Å². The molecule has 0 radical (unpaired) electrons. The molecule has 0 unspecified atom stereocenters. The second-order valence-electron chi connectivity index (χ2n) is 16.4. The van der Waals surface area contributed by atoms with Gasteiger partial charge < -0.3 is 14.2 Å². The molecule has 0 aliphatic carbocycles. The average molecular weight is 803 g/mol. The number of anilines is 6. The van der Waals surface area contributed by atoms with Crippen molar-refractivity contribution in [2.75, 3.05) is 9.80 Å². The maximum Gasteiger partial charge on any atom is 0.143 e. The van der Waals surface area contributed by atoms with E-state index in [1.54, 1.807) is 0 Å². The summed E-state index contributed by atoms with van der Waals surface area (Å²) in [6.07, 6.45) is 0. The van der Waals surface area contributed by atoms with Gasteiger partial charge in [-0.25, -0.2) is 0 Å². The Kier molecular flexibility index (Phi) is 7.91. The highest BCUT2D eigenvalue weighted by atomic mass is 16.3. The van der Waals surface area contributed by atoms with Gasteiger partial charge in [0.25, 0.3) is 0 Å². The van der Waals surface area contributed by atoms with Crippen LogP contribution in [0.5, 0.6) is 0 Å². The molecule has 13 rings (SSSR count). The maximum absolute atomic E-state index is 6.57. The first-order chi connectivity index (χ1) is 31.3. The molecule has 0 amide bonds. The standard InChI is InChI=1S/C60H38N2O/c1-2-17-42(18-3-1)61-55-29-11-8-24-49(55)45-20-4-6-22-47(45)51-34-32-39(37-57(51)61)40-33-35-52-48-23-7-5-21-46(48)50-25-9-12-30-56(50)62(58(52)38-40)43-19-14-16-41(36-43)44-27-15-28-54-53-26-10-13-31-59(53)63-60(44)54/h1-38H. The number of fused-ring (bicyclic) bond motifs is 13. The van der Waals surface area contributed by atoms with Gasteiger partial charge in [-0.15, -0.1) is 0 Å². The summed E-state index contributed by atoms with van der Waals surface area (Å²) in [7, 11) is 0. The molecule has 0 bridgehead atoms. The van der Waals surface area contributed by atoms with E-state index in [1.165, 1.54) is 44.5 Å². The lowest BCUT2D eigenvalue weighted by atomic mass is 9.91. The van der Waals surface area contributed by atoms with E-state index in [1.807, 2.05) is 6.07 Å². The van der Waals surface area contributed by atoms with E-state index in [0.29, 0.717) is 0 Å². The van der Waals surface area contributed by atoms with E-state index >= 15 is 0 Å². The van der Waals surface area contributed by atoms with Gasteiger partial charge in [-0.2, -0.15) is 0 Å². The average Bonchev–Trinajstić information content (AvgIpc) is 3.62. The van der Waals surface area contributed by atoms with Crippen molar-refractivity contribution in [3.63, 3.8) is 0 Å². The number of para-hydroxylation sites is 5. The quantitative estimate of drug-likeness (QED) is 0.177. The second kappa shape index (κ2) is 14.1. The van der Waals surface area contributed by atoms with Crippen molar-refractivity contribution in [1.29, 1.82) is 0 Å². The molecule has 0 spiro atoms. The molecule has 2 aliphatic heterocycles. The van der Waals surface area contributed by atoms with Crippen molar-refractivity contribution in [2.24, 2.45) is 0 Å². The van der Waals surface area contributed by atoms with E-state index in [4.69, 9.17) is 4.42 Å². The first-order valence-corrected chi connectivity index (χ1v) is 21.6. The highest BCUT2D eigenvalue weighted by Crippen LogP contribution is 2.54. The molecule has 3 heterocycles. The zero-order valence-corrected chi connectivity index (χ0v) is 34.2. The molecule has 3 heteroatoms. The third-order valence-electron chi connectivity index (χ3n) is 12.9. The van der Waals surface area contributed by atoms with Crippen LogP contribution in [0.4, 0.5) is 34.1 Å². The van der Waals surface area contributed by atoms with Gasteiger partial charge in [0.15, 0.2) is 0 Å². The van der Waals surface area contributed by atoms with Crippen LogP contribution in [0, 0.1) is 0 Å². The van der Waals surface area contributed by atoms with Gasteiger partial charge in [0.05, 0.1) is 22.7 Å². The molecule has 63 heavy (non-hydrogen) atoms. The molecular formula is C60H38N2O. The van der Waals surface area contributed by atoms with Gasteiger partial charge in [0, 0.05) is 50.0 Å². The smallest absolute Gasteiger partial charge is 0.143 e. The van der Waals surface area contributed by atoms with E-state index in [9.17, 15) is 0 Å². The topological polar surface area (TPSA) is 19.6 Å². The van der Waals surface area contributed by atoms with Crippen LogP contribution in [-0.4, -0.2) is 0 Å². The van der Waals surface area contributed by atoms with E-state index in [2.05, 4.69) is 234 Å². The highest BCUT2D eigenvalue weighted by Gasteiger charge is 2.29. The Bertz CT molecular complexity index is 3600. The molecular weight excluding hydrogens is 765 g/mol. The summed E-state index contributed by atoms with van der Waals surface area (Å²) in [6, 6.07) is 83.8. The van der Waals surface area contributed by atoms with Crippen molar-refractivity contribution < 1.29 is 4.42 Å². The van der Waals surface area contributed by atoms with Crippen molar-refractivity contribution in [3.05, 3.63) is 231 Å². The second-order valence-corrected chi connectivity index (χ2v) is 16.4. The summed E-state index contributed by atoms with van der Waals surface area (Å²) in [5.41, 5.74) is 22.7. The lowest BCUT2D eigenvalue weighted by Gasteiger charge is -2.29. The molecule has 0 saturated carbocycles. The fraction of sp³-hybridized carbons (Fsp3) is 0. The largest absolute Gasteiger partial charge is 0.455 e. The predicted molar refractivity (Wildman–Crippen MR) is 263 cm³/mol. The van der Waals surface area contributed by atoms with Crippen LogP contribution in [0.25, 0.3) is 88.7 Å². The molecule has 0 atom stereocenters. The van der Waals surface area contributed by atoms with E-state index in [-0.39, 0.29) is 0 Å². The van der Waals surface area contributed by atoms with Crippen molar-refractivity contribution in [1.82, 2.24) is 0 Å². The Labute approximate surface area is 366 Å². The monoisotopic (exact) mass is 802 g/mol. The van der Waals surface area contributed by atoms with Gasteiger partial charge in [-0.1, -0.05) is 176 Å². The molecule has 3 nitrogen and oxygen atoms in total. The molecule has 2 aliphatic rings. The van der Waals surface area contributed by atoms with Gasteiger partial charge in [0.2, 0.25) is 0 Å². The zero-order chi connectivity index (χ0) is 41.4. The summed E-state index contributed by atoms with van der Waals surface area (Å²) in [4.78, 5) is 4.90. The summed E-state index contributed by atoms with van der Waals surface area (Å²) in [5, 5.41) is 2.25. The molecule has 0 N–H and O–H groups in total. The Morgan fingerprint density at radius 3 is 1.32 bits per heavy atom. The Morgan fingerprint density at radius 2 is 0.698 bits per heavy atom. The molecule has 1 aromatic heterocycles. The number of benzene rings is 10. The number of hydrogen-bond donors (Lipinski definition) is 0. The number of nitrogens with zero attached hydrogens (tertiary/aromatic N) is 2. The predicted octanol–water partition coefficient (Wildman–Crippen LogP) is 17.2. The van der Waals surface area contributed by atoms with Crippen LogP contribution in [0.1, 0.15) is 0 Å². The number of furan rings is 1. The molecule has 0 saturated heterocycles. The molecule has 0 fully saturated rings. The molecule has 294 valence electrons. The minimum absolute atomic E-state index is 0.898. The van der Waals surface area contributed by atoms with Crippen LogP contribution < -0.4 is 9.80 Å². The highest BCUT2D eigenvalue weighted by molar-refractivity contribution is 6.10. The normalized spacial score (nSPS) is 12.4. The minimum Gasteiger partial charge on any atom is -0.455 e. The summed E-state index contributed by atoms with van der Waals surface area (Å²) >= 11 is 0. The van der Waals surface area contributed by atoms with Crippen molar-refractivity contribution in [3.8, 4) is 66.8 Å². The van der Waals surface area contributed by atoms with Crippen molar-refractivity contribution >= 4 is 56.1 Å². The van der Waals surface area contributed by atoms with E-state index < -0.39 is 0 Å². The maximum atomic E-state index is 6.57. The minimum atomic E-state index is 0.898. The third kappa shape index (κ3) is 5.53. The zero-order valence-electron chi connectivity index (χ0n) is 34.2. The fourth-order valence-corrected chi connectivity index (χ4v) is 10.1. The summed E-state index contributed by atoms with van der Waals surface area (Å²) in [5.74, 6) is 0. The fourth-order valence-electron chi connectivity index (χ4n) is 10.1. The lowest BCUT2D eigenvalue weighted by Crippen LogP contribution is -2.11. The Hall–Kier alpha value is -8.40. The third-order valence-corrected chi connectivity index (χ3v) is 12.9.